The van der Waals surface area contributed by atoms with Crippen LogP contribution in [0.1, 0.15) is 30.6 Å². The van der Waals surface area contributed by atoms with Gasteiger partial charge in [0.05, 0.1) is 6.54 Å². The second-order valence-corrected chi connectivity index (χ2v) is 7.84. The molecule has 34 heavy (non-hydrogen) atoms. The van der Waals surface area contributed by atoms with E-state index in [0.29, 0.717) is 17.0 Å². The molecule has 0 radical (unpaired) electrons. The lowest BCUT2D eigenvalue weighted by atomic mass is 9.99. The molecule has 11 heteroatoms. The van der Waals surface area contributed by atoms with Crippen molar-refractivity contribution in [2.45, 2.75) is 26.3 Å². The molecular formula is C23H24ClF2N3O5. The van der Waals surface area contributed by atoms with E-state index in [9.17, 15) is 28.0 Å². The van der Waals surface area contributed by atoms with Gasteiger partial charge < -0.3 is 20.7 Å². The topological polar surface area (TPSA) is 114 Å². The molecule has 182 valence electrons. The number of halogens is 3. The molecule has 8 nitrogen and oxygen atoms in total. The van der Waals surface area contributed by atoms with Crippen molar-refractivity contribution in [1.29, 1.82) is 0 Å². The number of amides is 3. The third-order valence-electron chi connectivity index (χ3n) is 4.85. The highest BCUT2D eigenvalue weighted by Gasteiger charge is 2.28. The Bertz CT molecular complexity index is 1050. The molecule has 0 aliphatic carbocycles. The Labute approximate surface area is 200 Å². The zero-order valence-electron chi connectivity index (χ0n) is 18.5. The molecule has 0 heterocycles. The molecule has 3 N–H and O–H groups in total. The molecule has 0 aromatic heterocycles. The second kappa shape index (κ2) is 12.6. The highest BCUT2D eigenvalue weighted by Crippen LogP contribution is 2.14. The first-order valence-corrected chi connectivity index (χ1v) is 10.7. The molecule has 0 fully saturated rings. The van der Waals surface area contributed by atoms with Crippen LogP contribution in [0.4, 0.5) is 14.5 Å². The molecule has 0 spiro atoms. The van der Waals surface area contributed by atoms with E-state index in [0.717, 1.165) is 18.2 Å². The van der Waals surface area contributed by atoms with Crippen molar-refractivity contribution in [1.82, 2.24) is 10.6 Å². The Kier molecular flexibility index (Phi) is 9.93. The van der Waals surface area contributed by atoms with Crippen molar-refractivity contribution >= 4 is 41.0 Å². The summed E-state index contributed by atoms with van der Waals surface area (Å²) >= 11 is 5.82. The number of anilines is 1. The quantitative estimate of drug-likeness (QED) is 0.438. The summed E-state index contributed by atoms with van der Waals surface area (Å²) < 4.78 is 31.1. The predicted molar refractivity (Wildman–Crippen MR) is 121 cm³/mol. The van der Waals surface area contributed by atoms with Crippen molar-refractivity contribution in [2.75, 3.05) is 18.5 Å². The number of hydrogen-bond acceptors (Lipinski definition) is 5. The minimum atomic E-state index is -1.13. The van der Waals surface area contributed by atoms with Crippen LogP contribution in [0.3, 0.4) is 0 Å². The molecule has 0 aliphatic heterocycles. The fourth-order valence-corrected chi connectivity index (χ4v) is 2.86. The van der Waals surface area contributed by atoms with E-state index in [4.69, 9.17) is 16.3 Å². The maximum absolute atomic E-state index is 13.2. The van der Waals surface area contributed by atoms with Gasteiger partial charge in [-0.05, 0) is 42.3 Å². The van der Waals surface area contributed by atoms with Crippen LogP contribution in [0.15, 0.2) is 42.5 Å². The van der Waals surface area contributed by atoms with Gasteiger partial charge in [0.2, 0.25) is 5.91 Å². The fraction of sp³-hybridized carbons (Fsp3) is 0.304. The maximum atomic E-state index is 13.2. The number of rotatable bonds is 10. The highest BCUT2D eigenvalue weighted by molar-refractivity contribution is 6.30. The van der Waals surface area contributed by atoms with Gasteiger partial charge in [-0.3, -0.25) is 14.4 Å². The number of carbonyl (C=O) groups is 4. The summed E-state index contributed by atoms with van der Waals surface area (Å²) in [5.41, 5.74) is 0.313. The lowest BCUT2D eigenvalue weighted by Gasteiger charge is -2.22. The summed E-state index contributed by atoms with van der Waals surface area (Å²) in [6, 6.07) is 7.91. The molecule has 0 aliphatic rings. The highest BCUT2D eigenvalue weighted by atomic mass is 35.5. The molecule has 2 aromatic rings. The first-order chi connectivity index (χ1) is 16.1. The van der Waals surface area contributed by atoms with Gasteiger partial charge in [-0.25, -0.2) is 13.6 Å². The number of hydrogen-bond donors (Lipinski definition) is 3. The molecule has 0 bridgehead atoms. The van der Waals surface area contributed by atoms with Gasteiger partial charge in [0.25, 0.3) is 11.8 Å². The van der Waals surface area contributed by atoms with Crippen molar-refractivity contribution in [3.63, 3.8) is 0 Å². The molecule has 0 saturated carbocycles. The Morgan fingerprint density at radius 1 is 1.00 bits per heavy atom. The van der Waals surface area contributed by atoms with E-state index in [1.54, 1.807) is 19.1 Å². The number of benzene rings is 2. The average molecular weight is 496 g/mol. The van der Waals surface area contributed by atoms with E-state index in [2.05, 4.69) is 16.0 Å². The summed E-state index contributed by atoms with van der Waals surface area (Å²) in [5, 5.41) is 7.59. The van der Waals surface area contributed by atoms with Gasteiger partial charge in [-0.1, -0.05) is 31.9 Å². The minimum Gasteiger partial charge on any atom is -0.454 e. The number of nitrogens with one attached hydrogen (secondary N) is 3. The van der Waals surface area contributed by atoms with Crippen LogP contribution < -0.4 is 16.0 Å². The predicted octanol–water partition coefficient (Wildman–Crippen LogP) is 3.06. The van der Waals surface area contributed by atoms with Crippen molar-refractivity contribution < 1.29 is 32.7 Å². The van der Waals surface area contributed by atoms with Gasteiger partial charge in [0.1, 0.15) is 6.04 Å². The molecule has 2 rings (SSSR count). The summed E-state index contributed by atoms with van der Waals surface area (Å²) in [6.07, 6.45) is 0.553. The SMILES string of the molecule is CC[C@H](C)[C@H](NC(=O)c1ccc(Cl)cc1)C(=O)OCC(=O)NCC(=O)Nc1ccc(F)c(F)c1. The lowest BCUT2D eigenvalue weighted by molar-refractivity contribution is -0.151. The molecule has 2 aromatic carbocycles. The van der Waals surface area contributed by atoms with Crippen molar-refractivity contribution in [2.24, 2.45) is 5.92 Å². The molecule has 0 saturated heterocycles. The second-order valence-electron chi connectivity index (χ2n) is 7.41. The van der Waals surface area contributed by atoms with Gasteiger partial charge >= 0.3 is 5.97 Å². The Balaban J connectivity index is 1.84. The first kappa shape index (κ1) is 26.7. The normalized spacial score (nSPS) is 12.3. The number of esters is 1. The standard InChI is InChI=1S/C23H24ClF2N3O5/c1-3-13(2)21(29-22(32)14-4-6-15(24)7-5-14)23(33)34-12-20(31)27-11-19(30)28-16-8-9-17(25)18(26)10-16/h4-10,13,21H,3,11-12H2,1-2H3,(H,27,31)(H,28,30)(H,29,32)/t13-,21-/m0/s1. The zero-order valence-corrected chi connectivity index (χ0v) is 19.2. The molecule has 0 unspecified atom stereocenters. The van der Waals surface area contributed by atoms with Gasteiger partial charge in [-0.15, -0.1) is 0 Å². The average Bonchev–Trinajstić information content (AvgIpc) is 2.81. The van der Waals surface area contributed by atoms with Gasteiger partial charge in [0.15, 0.2) is 18.2 Å². The zero-order chi connectivity index (χ0) is 25.3. The number of ether oxygens (including phenoxy) is 1. The van der Waals surface area contributed by atoms with E-state index >= 15 is 0 Å². The van der Waals surface area contributed by atoms with E-state index < -0.39 is 54.5 Å². The third kappa shape index (κ3) is 8.11. The van der Waals surface area contributed by atoms with E-state index in [-0.39, 0.29) is 11.6 Å². The van der Waals surface area contributed by atoms with E-state index in [1.165, 1.54) is 12.1 Å². The largest absolute Gasteiger partial charge is 0.454 e. The minimum absolute atomic E-state index is 0.0115. The molecule has 3 amide bonds. The third-order valence-corrected chi connectivity index (χ3v) is 5.11. The maximum Gasteiger partial charge on any atom is 0.329 e. The first-order valence-electron chi connectivity index (χ1n) is 10.3. The monoisotopic (exact) mass is 495 g/mol. The van der Waals surface area contributed by atoms with E-state index in [1.807, 2.05) is 6.92 Å². The van der Waals surface area contributed by atoms with Crippen molar-refractivity contribution in [3.05, 3.63) is 64.7 Å². The Morgan fingerprint density at radius 2 is 1.68 bits per heavy atom. The fourth-order valence-electron chi connectivity index (χ4n) is 2.73. The van der Waals surface area contributed by atoms with Crippen LogP contribution in [0.25, 0.3) is 0 Å². The Hall–Kier alpha value is -3.53. The van der Waals surface area contributed by atoms with Crippen LogP contribution >= 0.6 is 11.6 Å². The molecular weight excluding hydrogens is 472 g/mol. The van der Waals surface area contributed by atoms with Gasteiger partial charge in [0, 0.05) is 22.3 Å². The van der Waals surface area contributed by atoms with Crippen LogP contribution in [0.5, 0.6) is 0 Å². The summed E-state index contributed by atoms with van der Waals surface area (Å²) in [4.78, 5) is 48.8. The van der Waals surface area contributed by atoms with Crippen LogP contribution in [0, 0.1) is 17.6 Å². The van der Waals surface area contributed by atoms with Crippen LogP contribution in [-0.2, 0) is 19.1 Å². The van der Waals surface area contributed by atoms with Crippen LogP contribution in [-0.4, -0.2) is 42.9 Å². The summed E-state index contributed by atoms with van der Waals surface area (Å²) in [5.74, 6) is -5.25. The number of carbonyl (C=O) groups excluding carboxylic acids is 4. The van der Waals surface area contributed by atoms with Gasteiger partial charge in [-0.2, -0.15) is 0 Å². The Morgan fingerprint density at radius 3 is 2.29 bits per heavy atom. The smallest absolute Gasteiger partial charge is 0.329 e. The van der Waals surface area contributed by atoms with Crippen molar-refractivity contribution in [3.8, 4) is 0 Å². The summed E-state index contributed by atoms with van der Waals surface area (Å²) in [6.45, 7) is 2.41. The summed E-state index contributed by atoms with van der Waals surface area (Å²) in [7, 11) is 0. The molecule has 2 atom stereocenters. The van der Waals surface area contributed by atoms with Crippen LogP contribution in [0.2, 0.25) is 5.02 Å². The lowest BCUT2D eigenvalue weighted by Crippen LogP contribution is -2.47.